The van der Waals surface area contributed by atoms with Crippen LogP contribution in [-0.4, -0.2) is 5.91 Å². The topological polar surface area (TPSA) is 29.1 Å². The molecule has 0 aliphatic heterocycles. The molecule has 2 aromatic rings. The van der Waals surface area contributed by atoms with Crippen LogP contribution in [0.25, 0.3) is 0 Å². The molecule has 0 saturated carbocycles. The van der Waals surface area contributed by atoms with Gasteiger partial charge in [-0.3, -0.25) is 4.79 Å². The van der Waals surface area contributed by atoms with E-state index in [1.165, 1.54) is 24.3 Å². The van der Waals surface area contributed by atoms with Crippen LogP contribution >= 0.6 is 0 Å². The third kappa shape index (κ3) is 3.34. The van der Waals surface area contributed by atoms with Crippen LogP contribution in [0.5, 0.6) is 0 Å². The van der Waals surface area contributed by atoms with Crippen molar-refractivity contribution in [1.82, 2.24) is 5.32 Å². The molecule has 2 rings (SSSR count). The van der Waals surface area contributed by atoms with E-state index >= 15 is 0 Å². The summed E-state index contributed by atoms with van der Waals surface area (Å²) in [4.78, 5) is 11.7. The molecule has 0 saturated heterocycles. The van der Waals surface area contributed by atoms with Crippen molar-refractivity contribution in [2.45, 2.75) is 6.54 Å². The van der Waals surface area contributed by atoms with Crippen LogP contribution in [0, 0.1) is 17.5 Å². The van der Waals surface area contributed by atoms with E-state index in [0.29, 0.717) is 5.56 Å². The minimum atomic E-state index is -0.794. The van der Waals surface area contributed by atoms with Gasteiger partial charge >= 0.3 is 0 Å². The zero-order valence-corrected chi connectivity index (χ0v) is 9.79. The fourth-order valence-corrected chi connectivity index (χ4v) is 1.55. The highest BCUT2D eigenvalue weighted by Crippen LogP contribution is 2.10. The van der Waals surface area contributed by atoms with Gasteiger partial charge in [-0.05, 0) is 35.9 Å². The standard InChI is InChI=1S/C14H10F3NO/c15-10-3-1-9(2-4-10)8-18-14(19)12-7-11(16)5-6-13(12)17/h1-7H,8H2,(H,18,19). The fraction of sp³-hybridized carbons (Fsp3) is 0.0714. The summed E-state index contributed by atoms with van der Waals surface area (Å²) in [5.74, 6) is -2.58. The second-order valence-corrected chi connectivity index (χ2v) is 3.93. The molecular weight excluding hydrogens is 255 g/mol. The number of hydrogen-bond donors (Lipinski definition) is 1. The lowest BCUT2D eigenvalue weighted by Gasteiger charge is -2.06. The third-order valence-corrected chi connectivity index (χ3v) is 2.54. The molecule has 1 N–H and O–H groups in total. The lowest BCUT2D eigenvalue weighted by atomic mass is 10.1. The highest BCUT2D eigenvalue weighted by Gasteiger charge is 2.12. The van der Waals surface area contributed by atoms with Crippen molar-refractivity contribution in [3.8, 4) is 0 Å². The molecule has 0 radical (unpaired) electrons. The van der Waals surface area contributed by atoms with Crippen molar-refractivity contribution in [2.75, 3.05) is 0 Å². The Kier molecular flexibility index (Phi) is 3.85. The number of hydrogen-bond acceptors (Lipinski definition) is 1. The number of carbonyl (C=O) groups excluding carboxylic acids is 1. The minimum Gasteiger partial charge on any atom is -0.348 e. The van der Waals surface area contributed by atoms with Crippen molar-refractivity contribution < 1.29 is 18.0 Å². The predicted molar refractivity (Wildman–Crippen MR) is 63.9 cm³/mol. The molecule has 5 heteroatoms. The van der Waals surface area contributed by atoms with E-state index in [1.807, 2.05) is 0 Å². The minimum absolute atomic E-state index is 0.106. The molecule has 0 unspecified atom stereocenters. The Morgan fingerprint density at radius 1 is 0.947 bits per heavy atom. The second-order valence-electron chi connectivity index (χ2n) is 3.93. The predicted octanol–water partition coefficient (Wildman–Crippen LogP) is 3.03. The molecule has 0 aliphatic rings. The van der Waals surface area contributed by atoms with Crippen LogP contribution in [0.3, 0.4) is 0 Å². The Balaban J connectivity index is 2.05. The summed E-state index contributed by atoms with van der Waals surface area (Å²) in [5.41, 5.74) is 0.300. The lowest BCUT2D eigenvalue weighted by Crippen LogP contribution is -2.24. The Morgan fingerprint density at radius 2 is 1.58 bits per heavy atom. The highest BCUT2D eigenvalue weighted by molar-refractivity contribution is 5.94. The van der Waals surface area contributed by atoms with Gasteiger partial charge in [0, 0.05) is 6.54 Å². The average Bonchev–Trinajstić information content (AvgIpc) is 2.40. The van der Waals surface area contributed by atoms with Crippen LogP contribution in [0.1, 0.15) is 15.9 Å². The molecule has 0 heterocycles. The second kappa shape index (κ2) is 5.56. The van der Waals surface area contributed by atoms with E-state index < -0.39 is 17.5 Å². The van der Waals surface area contributed by atoms with Crippen molar-refractivity contribution in [3.63, 3.8) is 0 Å². The highest BCUT2D eigenvalue weighted by atomic mass is 19.1. The lowest BCUT2D eigenvalue weighted by molar-refractivity contribution is 0.0946. The molecule has 98 valence electrons. The van der Waals surface area contributed by atoms with Gasteiger partial charge in [0.05, 0.1) is 5.56 Å². The molecule has 19 heavy (non-hydrogen) atoms. The summed E-state index contributed by atoms with van der Waals surface area (Å²) in [6.45, 7) is 0.106. The Labute approximate surface area is 107 Å². The van der Waals surface area contributed by atoms with Crippen LogP contribution < -0.4 is 5.32 Å². The van der Waals surface area contributed by atoms with Crippen molar-refractivity contribution in [3.05, 3.63) is 71.0 Å². The molecule has 0 atom stereocenters. The summed E-state index contributed by atoms with van der Waals surface area (Å²) in [7, 11) is 0. The Hall–Kier alpha value is -2.30. The maximum absolute atomic E-state index is 13.3. The molecule has 0 fully saturated rings. The molecule has 0 aromatic heterocycles. The first-order valence-electron chi connectivity index (χ1n) is 5.54. The maximum Gasteiger partial charge on any atom is 0.254 e. The Bertz CT molecular complexity index is 596. The largest absolute Gasteiger partial charge is 0.348 e. The Morgan fingerprint density at radius 3 is 2.26 bits per heavy atom. The number of amides is 1. The molecule has 0 bridgehead atoms. The molecule has 1 amide bonds. The summed E-state index contributed by atoms with van der Waals surface area (Å²) < 4.78 is 38.9. The van der Waals surface area contributed by atoms with E-state index in [1.54, 1.807) is 0 Å². The van der Waals surface area contributed by atoms with Gasteiger partial charge in [0.2, 0.25) is 0 Å². The van der Waals surface area contributed by atoms with Crippen LogP contribution in [0.4, 0.5) is 13.2 Å². The molecule has 0 aliphatic carbocycles. The van der Waals surface area contributed by atoms with Gasteiger partial charge in [-0.2, -0.15) is 0 Å². The summed E-state index contributed by atoms with van der Waals surface area (Å²) in [6.07, 6.45) is 0. The van der Waals surface area contributed by atoms with Crippen LogP contribution in [-0.2, 0) is 6.54 Å². The van der Waals surface area contributed by atoms with Gasteiger partial charge in [-0.25, -0.2) is 13.2 Å². The van der Waals surface area contributed by atoms with Crippen molar-refractivity contribution >= 4 is 5.91 Å². The van der Waals surface area contributed by atoms with Crippen molar-refractivity contribution in [1.29, 1.82) is 0 Å². The van der Waals surface area contributed by atoms with Crippen LogP contribution in [0.2, 0.25) is 0 Å². The van der Waals surface area contributed by atoms with Gasteiger partial charge in [-0.1, -0.05) is 12.1 Å². The first-order valence-corrected chi connectivity index (χ1v) is 5.54. The van der Waals surface area contributed by atoms with Gasteiger partial charge in [-0.15, -0.1) is 0 Å². The van der Waals surface area contributed by atoms with Gasteiger partial charge in [0.1, 0.15) is 17.5 Å². The number of halogens is 3. The van der Waals surface area contributed by atoms with E-state index in [-0.39, 0.29) is 17.9 Å². The van der Waals surface area contributed by atoms with Gasteiger partial charge in [0.25, 0.3) is 5.91 Å². The quantitative estimate of drug-likeness (QED) is 0.908. The summed E-state index contributed by atoms with van der Waals surface area (Å²) in [6, 6.07) is 8.16. The maximum atomic E-state index is 13.3. The van der Waals surface area contributed by atoms with Crippen LogP contribution in [0.15, 0.2) is 42.5 Å². The first kappa shape index (κ1) is 13.1. The number of nitrogens with one attached hydrogen (secondary N) is 1. The molecule has 2 nitrogen and oxygen atoms in total. The van der Waals surface area contributed by atoms with Gasteiger partial charge < -0.3 is 5.32 Å². The van der Waals surface area contributed by atoms with Gasteiger partial charge in [0.15, 0.2) is 0 Å². The summed E-state index contributed by atoms with van der Waals surface area (Å²) in [5, 5.41) is 2.43. The zero-order valence-electron chi connectivity index (χ0n) is 9.79. The smallest absolute Gasteiger partial charge is 0.254 e. The van der Waals surface area contributed by atoms with E-state index in [4.69, 9.17) is 0 Å². The molecular formula is C14H10F3NO. The molecule has 2 aromatic carbocycles. The number of rotatable bonds is 3. The number of benzene rings is 2. The monoisotopic (exact) mass is 265 g/mol. The van der Waals surface area contributed by atoms with Crippen molar-refractivity contribution in [2.24, 2.45) is 0 Å². The SMILES string of the molecule is O=C(NCc1ccc(F)cc1)c1cc(F)ccc1F. The van der Waals surface area contributed by atoms with E-state index in [9.17, 15) is 18.0 Å². The first-order chi connectivity index (χ1) is 9.06. The average molecular weight is 265 g/mol. The molecule has 0 spiro atoms. The van der Waals surface area contributed by atoms with E-state index in [2.05, 4.69) is 5.32 Å². The summed E-state index contributed by atoms with van der Waals surface area (Å²) >= 11 is 0. The fourth-order valence-electron chi connectivity index (χ4n) is 1.55. The number of carbonyl (C=O) groups is 1. The normalized spacial score (nSPS) is 10.3. The zero-order chi connectivity index (χ0) is 13.8. The van der Waals surface area contributed by atoms with E-state index in [0.717, 1.165) is 18.2 Å². The third-order valence-electron chi connectivity index (χ3n) is 2.54.